The number of aliphatic imine (C=N–C) groups is 1. The number of hydrogen-bond acceptors (Lipinski definition) is 4. The minimum absolute atomic E-state index is 0.338. The van der Waals surface area contributed by atoms with E-state index in [0.717, 1.165) is 53.1 Å². The molecular weight excluding hydrogens is 480 g/mol. The molecule has 2 heterocycles. The number of halogens is 1. The van der Waals surface area contributed by atoms with Crippen molar-refractivity contribution >= 4 is 27.6 Å². The number of aromatic nitrogens is 2. The van der Waals surface area contributed by atoms with Gasteiger partial charge in [0.1, 0.15) is 16.2 Å². The van der Waals surface area contributed by atoms with Gasteiger partial charge in [0.05, 0.1) is 12.9 Å². The molecule has 1 aromatic carbocycles. The van der Waals surface area contributed by atoms with Gasteiger partial charge < -0.3 is 25.3 Å². The van der Waals surface area contributed by atoms with Gasteiger partial charge in [-0.15, -0.1) is 0 Å². The predicted molar refractivity (Wildman–Crippen MR) is 140 cm³/mol. The van der Waals surface area contributed by atoms with Gasteiger partial charge in [-0.3, -0.25) is 0 Å². The first-order valence-corrected chi connectivity index (χ1v) is 12.3. The second-order valence-electron chi connectivity index (χ2n) is 8.54. The van der Waals surface area contributed by atoms with Crippen molar-refractivity contribution in [3.8, 4) is 5.75 Å². The number of rotatable bonds is 8. The molecule has 0 bridgehead atoms. The van der Waals surface area contributed by atoms with Crippen LogP contribution in [-0.4, -0.2) is 40.1 Å². The SMILES string of the molecule is C=C/C=C(\N=C(N)N1CCC(n2cnc(Br)c2)CC1)Nc1cc(C(C)C)c(OCC)cc1C. The Morgan fingerprint density at radius 1 is 1.39 bits per heavy atom. The van der Waals surface area contributed by atoms with E-state index in [2.05, 4.69) is 75.2 Å². The number of benzene rings is 1. The molecule has 0 saturated carbocycles. The summed E-state index contributed by atoms with van der Waals surface area (Å²) in [5.41, 5.74) is 9.64. The number of likely N-dealkylation sites (tertiary alicyclic amines) is 1. The largest absolute Gasteiger partial charge is 0.494 e. The number of nitrogens with zero attached hydrogens (tertiary/aromatic N) is 4. The molecule has 0 aliphatic carbocycles. The summed E-state index contributed by atoms with van der Waals surface area (Å²) >= 11 is 3.42. The third kappa shape index (κ3) is 6.41. The molecule has 0 amide bonds. The van der Waals surface area contributed by atoms with Crippen LogP contribution in [0.3, 0.4) is 0 Å². The van der Waals surface area contributed by atoms with Crippen LogP contribution in [0.5, 0.6) is 5.75 Å². The average Bonchev–Trinajstić information content (AvgIpc) is 3.22. The molecular formula is C25H35BrN6O. The van der Waals surface area contributed by atoms with E-state index < -0.39 is 0 Å². The van der Waals surface area contributed by atoms with Crippen LogP contribution in [0.4, 0.5) is 5.69 Å². The zero-order valence-corrected chi connectivity index (χ0v) is 21.6. The summed E-state index contributed by atoms with van der Waals surface area (Å²) in [6, 6.07) is 4.65. The fraction of sp³-hybridized carbons (Fsp3) is 0.440. The number of anilines is 1. The van der Waals surface area contributed by atoms with Crippen LogP contribution in [0.25, 0.3) is 0 Å². The van der Waals surface area contributed by atoms with Crippen molar-refractivity contribution in [2.75, 3.05) is 25.0 Å². The first-order chi connectivity index (χ1) is 15.8. The van der Waals surface area contributed by atoms with Crippen molar-refractivity contribution in [2.24, 2.45) is 10.7 Å². The van der Waals surface area contributed by atoms with Crippen LogP contribution in [-0.2, 0) is 0 Å². The third-order valence-corrected chi connectivity index (χ3v) is 6.24. The fourth-order valence-corrected chi connectivity index (χ4v) is 4.35. The highest BCUT2D eigenvalue weighted by atomic mass is 79.9. The van der Waals surface area contributed by atoms with E-state index in [0.29, 0.717) is 30.3 Å². The number of piperidine rings is 1. The topological polar surface area (TPSA) is 80.7 Å². The van der Waals surface area contributed by atoms with Crippen molar-refractivity contribution in [3.63, 3.8) is 0 Å². The van der Waals surface area contributed by atoms with Gasteiger partial charge in [-0.2, -0.15) is 4.99 Å². The van der Waals surface area contributed by atoms with Gasteiger partial charge in [0.2, 0.25) is 0 Å². The molecule has 33 heavy (non-hydrogen) atoms. The molecule has 7 nitrogen and oxygen atoms in total. The van der Waals surface area contributed by atoms with Crippen molar-refractivity contribution in [2.45, 2.75) is 52.5 Å². The van der Waals surface area contributed by atoms with E-state index in [-0.39, 0.29) is 0 Å². The Morgan fingerprint density at radius 2 is 2.12 bits per heavy atom. The number of ether oxygens (including phenoxy) is 1. The number of aryl methyl sites for hydroxylation is 1. The van der Waals surface area contributed by atoms with Gasteiger partial charge in [-0.1, -0.05) is 26.5 Å². The number of nitrogens with one attached hydrogen (secondary N) is 1. The number of guanidine groups is 1. The van der Waals surface area contributed by atoms with Gasteiger partial charge in [0.15, 0.2) is 5.96 Å². The van der Waals surface area contributed by atoms with Crippen LogP contribution in [0.15, 0.2) is 58.8 Å². The number of nitrogens with two attached hydrogens (primary N) is 1. The lowest BCUT2D eigenvalue weighted by Gasteiger charge is -2.33. The van der Waals surface area contributed by atoms with Crippen LogP contribution >= 0.6 is 15.9 Å². The Bertz CT molecular complexity index is 1020. The van der Waals surface area contributed by atoms with E-state index in [1.54, 1.807) is 6.08 Å². The summed E-state index contributed by atoms with van der Waals surface area (Å²) in [6.07, 6.45) is 9.44. The first-order valence-electron chi connectivity index (χ1n) is 11.5. The standard InChI is InChI=1S/C25H35BrN6O/c1-6-8-24(29-21-14-20(17(3)4)22(33-7-2)13-18(21)5)30-25(27)31-11-9-19(10-12-31)32-15-23(26)28-16-32/h6,8,13-17,19,29H,1,7,9-12H2,2-5H3,(H2,27,30)/b24-8-. The third-order valence-electron chi connectivity index (χ3n) is 5.83. The van der Waals surface area contributed by atoms with Gasteiger partial charge in [0, 0.05) is 31.0 Å². The second-order valence-corrected chi connectivity index (χ2v) is 9.35. The van der Waals surface area contributed by atoms with Crippen LogP contribution < -0.4 is 15.8 Å². The molecule has 2 aromatic rings. The summed E-state index contributed by atoms with van der Waals surface area (Å²) in [6.45, 7) is 14.6. The van der Waals surface area contributed by atoms with E-state index in [1.807, 2.05) is 25.5 Å². The van der Waals surface area contributed by atoms with Crippen molar-refractivity contribution < 1.29 is 4.74 Å². The van der Waals surface area contributed by atoms with Crippen molar-refractivity contribution in [3.05, 3.63) is 64.9 Å². The van der Waals surface area contributed by atoms with Gasteiger partial charge in [-0.05, 0) is 77.9 Å². The van der Waals surface area contributed by atoms with Crippen molar-refractivity contribution in [1.29, 1.82) is 0 Å². The highest BCUT2D eigenvalue weighted by Gasteiger charge is 2.22. The summed E-state index contributed by atoms with van der Waals surface area (Å²) in [5.74, 6) is 2.43. The molecule has 0 unspecified atom stereocenters. The normalized spacial score (nSPS) is 15.8. The summed E-state index contributed by atoms with van der Waals surface area (Å²) in [7, 11) is 0. The molecule has 0 atom stereocenters. The molecule has 8 heteroatoms. The zero-order valence-electron chi connectivity index (χ0n) is 20.0. The minimum Gasteiger partial charge on any atom is -0.494 e. The Hall–Kier alpha value is -2.74. The van der Waals surface area contributed by atoms with Gasteiger partial charge >= 0.3 is 0 Å². The van der Waals surface area contributed by atoms with Crippen LogP contribution in [0.2, 0.25) is 0 Å². The lowest BCUT2D eigenvalue weighted by molar-refractivity contribution is 0.264. The lowest BCUT2D eigenvalue weighted by Crippen LogP contribution is -2.43. The highest BCUT2D eigenvalue weighted by molar-refractivity contribution is 9.10. The minimum atomic E-state index is 0.338. The van der Waals surface area contributed by atoms with Crippen molar-refractivity contribution in [1.82, 2.24) is 14.5 Å². The monoisotopic (exact) mass is 514 g/mol. The summed E-state index contributed by atoms with van der Waals surface area (Å²) < 4.78 is 8.88. The lowest BCUT2D eigenvalue weighted by atomic mass is 9.99. The van der Waals surface area contributed by atoms with Crippen LogP contribution in [0, 0.1) is 6.92 Å². The molecule has 1 aliphatic heterocycles. The molecule has 178 valence electrons. The average molecular weight is 516 g/mol. The number of allylic oxidation sites excluding steroid dienone is 2. The van der Waals surface area contributed by atoms with Gasteiger partial charge in [-0.25, -0.2) is 4.98 Å². The van der Waals surface area contributed by atoms with E-state index in [9.17, 15) is 0 Å². The fourth-order valence-electron chi connectivity index (χ4n) is 4.02. The summed E-state index contributed by atoms with van der Waals surface area (Å²) in [4.78, 5) is 11.1. The molecule has 3 N–H and O–H groups in total. The maximum Gasteiger partial charge on any atom is 0.197 e. The van der Waals surface area contributed by atoms with E-state index in [4.69, 9.17) is 15.5 Å². The second kappa shape index (κ2) is 11.4. The Kier molecular flexibility index (Phi) is 8.61. The molecule has 1 aromatic heterocycles. The van der Waals surface area contributed by atoms with Crippen LogP contribution in [0.1, 0.15) is 56.7 Å². The molecule has 0 radical (unpaired) electrons. The Labute approximate surface area is 205 Å². The molecule has 0 spiro atoms. The molecule has 1 fully saturated rings. The Balaban J connectivity index is 1.73. The Morgan fingerprint density at radius 3 is 2.70 bits per heavy atom. The predicted octanol–water partition coefficient (Wildman–Crippen LogP) is 5.57. The smallest absolute Gasteiger partial charge is 0.197 e. The highest BCUT2D eigenvalue weighted by Crippen LogP contribution is 2.33. The quantitative estimate of drug-likeness (QED) is 0.273. The number of hydrogen-bond donors (Lipinski definition) is 2. The van der Waals surface area contributed by atoms with E-state index in [1.165, 1.54) is 0 Å². The molecule has 1 aliphatic rings. The molecule has 1 saturated heterocycles. The van der Waals surface area contributed by atoms with Gasteiger partial charge in [0.25, 0.3) is 0 Å². The first kappa shape index (κ1) is 24.9. The molecule has 3 rings (SSSR count). The van der Waals surface area contributed by atoms with E-state index >= 15 is 0 Å². The zero-order chi connectivity index (χ0) is 24.0. The number of imidazole rings is 1. The maximum atomic E-state index is 6.42. The maximum absolute atomic E-state index is 6.42. The summed E-state index contributed by atoms with van der Waals surface area (Å²) in [5, 5.41) is 3.44.